The van der Waals surface area contributed by atoms with Crippen LogP contribution in [0.1, 0.15) is 18.4 Å². The first-order valence-corrected chi connectivity index (χ1v) is 7.46. The summed E-state index contributed by atoms with van der Waals surface area (Å²) in [5.41, 5.74) is 1.73. The van der Waals surface area contributed by atoms with Gasteiger partial charge in [-0.3, -0.25) is 9.78 Å². The molecule has 1 heterocycles. The van der Waals surface area contributed by atoms with E-state index in [-0.39, 0.29) is 11.8 Å². The van der Waals surface area contributed by atoms with Crippen molar-refractivity contribution in [2.24, 2.45) is 0 Å². The molecular weight excluding hydrogens is 288 g/mol. The van der Waals surface area contributed by atoms with E-state index in [4.69, 9.17) is 4.74 Å². The van der Waals surface area contributed by atoms with Gasteiger partial charge in [-0.2, -0.15) is 0 Å². The van der Waals surface area contributed by atoms with Gasteiger partial charge in [0.1, 0.15) is 5.75 Å². The van der Waals surface area contributed by atoms with Crippen LogP contribution in [0.4, 0.5) is 5.69 Å². The third-order valence-corrected chi connectivity index (χ3v) is 3.91. The predicted octanol–water partition coefficient (Wildman–Crippen LogP) is 3.99. The average Bonchev–Trinajstić information content (AvgIpc) is 2.61. The van der Waals surface area contributed by atoms with Crippen molar-refractivity contribution in [2.75, 3.05) is 12.4 Å². The van der Waals surface area contributed by atoms with Gasteiger partial charge < -0.3 is 10.1 Å². The normalized spacial score (nSPS) is 11.9. The van der Waals surface area contributed by atoms with Crippen molar-refractivity contribution < 1.29 is 9.53 Å². The maximum atomic E-state index is 12.4. The van der Waals surface area contributed by atoms with Crippen LogP contribution < -0.4 is 10.1 Å². The number of carbonyl (C=O) groups excluding carboxylic acids is 1. The molecule has 3 aromatic rings. The van der Waals surface area contributed by atoms with Gasteiger partial charge in [0.2, 0.25) is 5.91 Å². The highest BCUT2D eigenvalue weighted by Gasteiger charge is 2.15. The summed E-state index contributed by atoms with van der Waals surface area (Å²) in [7, 11) is 1.65. The number of benzene rings is 2. The van der Waals surface area contributed by atoms with Crippen LogP contribution in [0.2, 0.25) is 0 Å². The van der Waals surface area contributed by atoms with Crippen LogP contribution in [-0.4, -0.2) is 18.0 Å². The van der Waals surface area contributed by atoms with Gasteiger partial charge in [0, 0.05) is 18.1 Å². The van der Waals surface area contributed by atoms with E-state index < -0.39 is 0 Å². The Kier molecular flexibility index (Phi) is 4.24. The van der Waals surface area contributed by atoms with E-state index in [1.54, 1.807) is 31.6 Å². The number of rotatable bonds is 4. The number of fused-ring (bicyclic) bond motifs is 1. The van der Waals surface area contributed by atoms with Gasteiger partial charge in [0.05, 0.1) is 13.0 Å². The number of amides is 1. The molecule has 1 amide bonds. The van der Waals surface area contributed by atoms with Gasteiger partial charge in [-0.25, -0.2) is 0 Å². The molecule has 1 aromatic heterocycles. The summed E-state index contributed by atoms with van der Waals surface area (Å²) >= 11 is 0. The third kappa shape index (κ3) is 3.31. The molecule has 0 bridgehead atoms. The first kappa shape index (κ1) is 15.0. The van der Waals surface area contributed by atoms with Crippen LogP contribution in [0.25, 0.3) is 10.8 Å². The van der Waals surface area contributed by atoms with Gasteiger partial charge in [-0.05, 0) is 47.5 Å². The lowest BCUT2D eigenvalue weighted by molar-refractivity contribution is -0.117. The number of anilines is 1. The van der Waals surface area contributed by atoms with Crippen LogP contribution in [-0.2, 0) is 4.79 Å². The fraction of sp³-hybridized carbons (Fsp3) is 0.158. The zero-order valence-corrected chi connectivity index (χ0v) is 13.1. The summed E-state index contributed by atoms with van der Waals surface area (Å²) < 4.78 is 5.24. The Hall–Kier alpha value is -2.88. The molecule has 0 radical (unpaired) electrons. The predicted molar refractivity (Wildman–Crippen MR) is 91.8 cm³/mol. The minimum Gasteiger partial charge on any atom is -0.497 e. The molecule has 3 rings (SSSR count). The molecule has 0 spiro atoms. The van der Waals surface area contributed by atoms with E-state index in [2.05, 4.69) is 10.3 Å². The molecule has 23 heavy (non-hydrogen) atoms. The van der Waals surface area contributed by atoms with Crippen LogP contribution in [0, 0.1) is 0 Å². The Morgan fingerprint density at radius 1 is 1.04 bits per heavy atom. The number of methoxy groups -OCH3 is 1. The summed E-state index contributed by atoms with van der Waals surface area (Å²) in [6.45, 7) is 1.90. The lowest BCUT2D eigenvalue weighted by Crippen LogP contribution is -2.18. The molecular formula is C19H18N2O2. The smallest absolute Gasteiger partial charge is 0.231 e. The topological polar surface area (TPSA) is 51.2 Å². The SMILES string of the molecule is COc1ccc2cc(C(C)C(=O)Nc3ccncc3)ccc2c1. The summed E-state index contributed by atoms with van der Waals surface area (Å²) in [5.74, 6) is 0.549. The van der Waals surface area contributed by atoms with E-state index in [9.17, 15) is 4.79 Å². The fourth-order valence-corrected chi connectivity index (χ4v) is 2.48. The summed E-state index contributed by atoms with van der Waals surface area (Å²) in [4.78, 5) is 16.3. The maximum Gasteiger partial charge on any atom is 0.231 e. The van der Waals surface area contributed by atoms with Crippen molar-refractivity contribution in [3.63, 3.8) is 0 Å². The van der Waals surface area contributed by atoms with Gasteiger partial charge in [-0.15, -0.1) is 0 Å². The number of hydrogen-bond donors (Lipinski definition) is 1. The molecule has 0 saturated carbocycles. The third-order valence-electron chi connectivity index (χ3n) is 3.91. The van der Waals surface area contributed by atoms with Crippen LogP contribution >= 0.6 is 0 Å². The van der Waals surface area contributed by atoms with Crippen molar-refractivity contribution >= 4 is 22.4 Å². The number of pyridine rings is 1. The average molecular weight is 306 g/mol. The standard InChI is InChI=1S/C19H18N2O2/c1-13(19(22)21-17-7-9-20-10-8-17)14-3-4-16-12-18(23-2)6-5-15(16)11-14/h3-13H,1-2H3,(H,20,21,22). The molecule has 0 saturated heterocycles. The molecule has 116 valence electrons. The highest BCUT2D eigenvalue weighted by molar-refractivity contribution is 5.96. The number of carbonyl (C=O) groups is 1. The number of hydrogen-bond acceptors (Lipinski definition) is 3. The molecule has 1 N–H and O–H groups in total. The van der Waals surface area contributed by atoms with Crippen molar-refractivity contribution in [2.45, 2.75) is 12.8 Å². The Balaban J connectivity index is 1.82. The van der Waals surface area contributed by atoms with E-state index in [0.29, 0.717) is 0 Å². The molecule has 0 aliphatic heterocycles. The monoisotopic (exact) mass is 306 g/mol. The number of nitrogens with zero attached hydrogens (tertiary/aromatic N) is 1. The molecule has 0 aliphatic rings. The van der Waals surface area contributed by atoms with Crippen molar-refractivity contribution in [3.8, 4) is 5.75 Å². The largest absolute Gasteiger partial charge is 0.497 e. The summed E-state index contributed by atoms with van der Waals surface area (Å²) in [6, 6.07) is 15.5. The molecule has 1 unspecified atom stereocenters. The Bertz CT molecular complexity index is 831. The number of aromatic nitrogens is 1. The van der Waals surface area contributed by atoms with Gasteiger partial charge >= 0.3 is 0 Å². The maximum absolute atomic E-state index is 12.4. The Morgan fingerprint density at radius 2 is 1.74 bits per heavy atom. The van der Waals surface area contributed by atoms with Gasteiger partial charge in [0.25, 0.3) is 0 Å². The Morgan fingerprint density at radius 3 is 2.48 bits per heavy atom. The lowest BCUT2D eigenvalue weighted by atomic mass is 9.97. The second-order valence-electron chi connectivity index (χ2n) is 5.42. The zero-order chi connectivity index (χ0) is 16.2. The number of nitrogens with one attached hydrogen (secondary N) is 1. The van der Waals surface area contributed by atoms with Crippen LogP contribution in [0.5, 0.6) is 5.75 Å². The van der Waals surface area contributed by atoms with E-state index in [1.807, 2.05) is 43.3 Å². The Labute approximate surface area is 135 Å². The van der Waals surface area contributed by atoms with E-state index in [0.717, 1.165) is 27.8 Å². The highest BCUT2D eigenvalue weighted by Crippen LogP contribution is 2.25. The molecule has 4 heteroatoms. The molecule has 2 aromatic carbocycles. The minimum atomic E-state index is -0.241. The summed E-state index contributed by atoms with van der Waals surface area (Å²) in [6.07, 6.45) is 3.31. The van der Waals surface area contributed by atoms with Gasteiger partial charge in [0.15, 0.2) is 0 Å². The van der Waals surface area contributed by atoms with E-state index in [1.165, 1.54) is 0 Å². The number of ether oxygens (including phenoxy) is 1. The fourth-order valence-electron chi connectivity index (χ4n) is 2.48. The van der Waals surface area contributed by atoms with Crippen molar-refractivity contribution in [1.29, 1.82) is 0 Å². The molecule has 1 atom stereocenters. The lowest BCUT2D eigenvalue weighted by Gasteiger charge is -2.13. The van der Waals surface area contributed by atoms with Crippen molar-refractivity contribution in [3.05, 3.63) is 66.5 Å². The van der Waals surface area contributed by atoms with Crippen molar-refractivity contribution in [1.82, 2.24) is 4.98 Å². The summed E-state index contributed by atoms with van der Waals surface area (Å²) in [5, 5.41) is 5.09. The molecule has 0 fully saturated rings. The molecule has 4 nitrogen and oxygen atoms in total. The zero-order valence-electron chi connectivity index (χ0n) is 13.1. The van der Waals surface area contributed by atoms with E-state index >= 15 is 0 Å². The van der Waals surface area contributed by atoms with Crippen LogP contribution in [0.15, 0.2) is 60.9 Å². The minimum absolute atomic E-state index is 0.0379. The highest BCUT2D eigenvalue weighted by atomic mass is 16.5. The van der Waals surface area contributed by atoms with Crippen LogP contribution in [0.3, 0.4) is 0 Å². The second kappa shape index (κ2) is 6.48. The first-order valence-electron chi connectivity index (χ1n) is 7.46. The quantitative estimate of drug-likeness (QED) is 0.793. The second-order valence-corrected chi connectivity index (χ2v) is 5.42. The first-order chi connectivity index (χ1) is 11.2. The molecule has 0 aliphatic carbocycles. The van der Waals surface area contributed by atoms with Gasteiger partial charge in [-0.1, -0.05) is 24.3 Å².